The van der Waals surface area contributed by atoms with Gasteiger partial charge in [-0.15, -0.1) is 0 Å². The van der Waals surface area contributed by atoms with E-state index in [1.54, 1.807) is 20.8 Å². The number of carbonyl (C=O) groups is 2. The molecule has 0 bridgehead atoms. The number of carboxylic acid groups (broad SMARTS) is 1. The van der Waals surface area contributed by atoms with E-state index in [0.29, 0.717) is 6.42 Å². The van der Waals surface area contributed by atoms with Crippen LogP contribution in [0, 0.1) is 32.1 Å². The van der Waals surface area contributed by atoms with E-state index in [0.717, 1.165) is 22.3 Å². The monoisotopic (exact) mass is 363 g/mol. The second-order valence-electron chi connectivity index (χ2n) is 8.53. The van der Waals surface area contributed by atoms with Crippen LogP contribution in [0.2, 0.25) is 0 Å². The van der Waals surface area contributed by atoms with E-state index in [4.69, 9.17) is 4.74 Å². The van der Waals surface area contributed by atoms with Crippen LogP contribution in [0.4, 0.5) is 4.79 Å². The Morgan fingerprint density at radius 1 is 1.12 bits per heavy atom. The molecule has 0 aromatic heterocycles. The average Bonchev–Trinajstić information content (AvgIpc) is 2.43. The number of benzene rings is 1. The lowest BCUT2D eigenvalue weighted by Crippen LogP contribution is -2.49. The van der Waals surface area contributed by atoms with Gasteiger partial charge in [0.2, 0.25) is 0 Å². The molecule has 146 valence electrons. The van der Waals surface area contributed by atoms with Crippen LogP contribution in [0.25, 0.3) is 0 Å². The fourth-order valence-corrected chi connectivity index (χ4v) is 3.22. The molecule has 5 nitrogen and oxygen atoms in total. The topological polar surface area (TPSA) is 75.6 Å². The summed E-state index contributed by atoms with van der Waals surface area (Å²) in [5.41, 5.74) is 2.59. The molecule has 1 rings (SSSR count). The molecule has 0 aliphatic rings. The molecule has 2 N–H and O–H groups in total. The van der Waals surface area contributed by atoms with Gasteiger partial charge in [-0.05, 0) is 70.6 Å². The Bertz CT molecular complexity index is 650. The van der Waals surface area contributed by atoms with Crippen LogP contribution in [0.1, 0.15) is 56.9 Å². The molecule has 1 unspecified atom stereocenters. The zero-order valence-electron chi connectivity index (χ0n) is 17.3. The predicted molar refractivity (Wildman–Crippen MR) is 104 cm³/mol. The van der Waals surface area contributed by atoms with Crippen molar-refractivity contribution in [2.75, 3.05) is 6.54 Å². The minimum atomic E-state index is -1.11. The number of alkyl carbamates (subject to hydrolysis) is 1. The summed E-state index contributed by atoms with van der Waals surface area (Å²) in [5.74, 6) is -1.09. The molecule has 0 aliphatic carbocycles. The quantitative estimate of drug-likeness (QED) is 0.785. The van der Waals surface area contributed by atoms with Gasteiger partial charge >= 0.3 is 12.1 Å². The Kier molecular flexibility index (Phi) is 6.86. The number of aliphatic carboxylic acids is 1. The molecule has 0 aliphatic heterocycles. The number of amides is 1. The van der Waals surface area contributed by atoms with Gasteiger partial charge in [-0.3, -0.25) is 4.79 Å². The van der Waals surface area contributed by atoms with Gasteiger partial charge in [0.15, 0.2) is 0 Å². The lowest BCUT2D eigenvalue weighted by molar-refractivity contribution is -0.151. The summed E-state index contributed by atoms with van der Waals surface area (Å²) in [6.07, 6.45) is -0.241. The van der Waals surface area contributed by atoms with Crippen molar-refractivity contribution in [3.05, 3.63) is 34.4 Å². The number of rotatable bonds is 6. The first-order chi connectivity index (χ1) is 11.8. The molecule has 5 heteroatoms. The molecule has 0 radical (unpaired) electrons. The van der Waals surface area contributed by atoms with Crippen LogP contribution in [0.5, 0.6) is 0 Å². The van der Waals surface area contributed by atoms with E-state index in [-0.39, 0.29) is 12.5 Å². The van der Waals surface area contributed by atoms with Crippen LogP contribution in [-0.2, 0) is 16.0 Å². The second-order valence-corrected chi connectivity index (χ2v) is 8.53. The Balaban J connectivity index is 3.16. The van der Waals surface area contributed by atoms with Crippen molar-refractivity contribution in [3.63, 3.8) is 0 Å². The lowest BCUT2D eigenvalue weighted by atomic mass is 9.71. The standard InChI is InChI=1S/C21H33NO4/c1-13(2)21(18(23)24,12-22-19(25)26-20(6,7)8)11-17-15(4)9-14(3)10-16(17)5/h9-10,13H,11-12H2,1-8H3,(H,22,25)(H,23,24). The number of carboxylic acids is 1. The zero-order valence-corrected chi connectivity index (χ0v) is 17.3. The van der Waals surface area contributed by atoms with Gasteiger partial charge in [-0.25, -0.2) is 4.79 Å². The predicted octanol–water partition coefficient (Wildman–Crippen LogP) is 4.41. The van der Waals surface area contributed by atoms with Crippen LogP contribution >= 0.6 is 0 Å². The third-order valence-corrected chi connectivity index (χ3v) is 4.81. The molecular formula is C21H33NO4. The summed E-state index contributed by atoms with van der Waals surface area (Å²) in [6.45, 7) is 15.1. The Labute approximate surface area is 157 Å². The summed E-state index contributed by atoms with van der Waals surface area (Å²) in [4.78, 5) is 24.3. The summed E-state index contributed by atoms with van der Waals surface area (Å²) in [7, 11) is 0. The van der Waals surface area contributed by atoms with Gasteiger partial charge in [0.1, 0.15) is 5.60 Å². The fourth-order valence-electron chi connectivity index (χ4n) is 3.22. The maximum atomic E-state index is 12.3. The van der Waals surface area contributed by atoms with Crippen molar-refractivity contribution in [1.82, 2.24) is 5.32 Å². The molecule has 0 heterocycles. The second kappa shape index (κ2) is 8.11. The Morgan fingerprint density at radius 3 is 2.00 bits per heavy atom. The van der Waals surface area contributed by atoms with Gasteiger partial charge in [-0.2, -0.15) is 0 Å². The van der Waals surface area contributed by atoms with Crippen LogP contribution in [0.3, 0.4) is 0 Å². The normalized spacial score (nSPS) is 14.0. The smallest absolute Gasteiger partial charge is 0.407 e. The number of carbonyl (C=O) groups excluding carboxylic acids is 1. The van der Waals surface area contributed by atoms with Crippen molar-refractivity contribution in [2.45, 2.75) is 67.4 Å². The maximum absolute atomic E-state index is 12.3. The lowest BCUT2D eigenvalue weighted by Gasteiger charge is -2.35. The van der Waals surface area contributed by atoms with Crippen molar-refractivity contribution in [3.8, 4) is 0 Å². The van der Waals surface area contributed by atoms with Gasteiger partial charge in [0.05, 0.1) is 5.41 Å². The number of nitrogens with one attached hydrogen (secondary N) is 1. The fraction of sp³-hybridized carbons (Fsp3) is 0.619. The molecular weight excluding hydrogens is 330 g/mol. The van der Waals surface area contributed by atoms with E-state index < -0.39 is 23.1 Å². The van der Waals surface area contributed by atoms with Crippen LogP contribution < -0.4 is 5.32 Å². The number of aryl methyl sites for hydroxylation is 3. The first-order valence-electron chi connectivity index (χ1n) is 9.05. The number of hydrogen-bond donors (Lipinski definition) is 2. The minimum Gasteiger partial charge on any atom is -0.481 e. The first kappa shape index (κ1) is 22.0. The number of ether oxygens (including phenoxy) is 1. The molecule has 1 amide bonds. The van der Waals surface area contributed by atoms with E-state index in [1.165, 1.54) is 0 Å². The van der Waals surface area contributed by atoms with Gasteiger partial charge in [0, 0.05) is 6.54 Å². The SMILES string of the molecule is Cc1cc(C)c(CC(CNC(=O)OC(C)(C)C)(C(=O)O)C(C)C)c(C)c1. The molecule has 0 spiro atoms. The van der Waals surface area contributed by atoms with Gasteiger partial charge < -0.3 is 15.2 Å². The molecule has 0 fully saturated rings. The third-order valence-electron chi connectivity index (χ3n) is 4.81. The molecule has 1 atom stereocenters. The summed E-state index contributed by atoms with van der Waals surface area (Å²) < 4.78 is 5.26. The highest BCUT2D eigenvalue weighted by atomic mass is 16.6. The zero-order chi connectivity index (χ0) is 20.3. The van der Waals surface area contributed by atoms with Crippen molar-refractivity contribution >= 4 is 12.1 Å². The largest absolute Gasteiger partial charge is 0.481 e. The van der Waals surface area contributed by atoms with Crippen LogP contribution in [0.15, 0.2) is 12.1 Å². The van der Waals surface area contributed by atoms with Crippen molar-refractivity contribution in [2.24, 2.45) is 11.3 Å². The van der Waals surface area contributed by atoms with Crippen molar-refractivity contribution < 1.29 is 19.4 Å². The maximum Gasteiger partial charge on any atom is 0.407 e. The molecule has 26 heavy (non-hydrogen) atoms. The highest BCUT2D eigenvalue weighted by molar-refractivity contribution is 5.77. The summed E-state index contributed by atoms with van der Waals surface area (Å²) in [6, 6.07) is 4.13. The first-order valence-corrected chi connectivity index (χ1v) is 9.05. The molecule has 1 aromatic rings. The average molecular weight is 363 g/mol. The highest BCUT2D eigenvalue weighted by Gasteiger charge is 2.43. The molecule has 1 aromatic carbocycles. The molecule has 0 saturated carbocycles. The third kappa shape index (κ3) is 5.48. The van der Waals surface area contributed by atoms with Gasteiger partial charge in [-0.1, -0.05) is 31.5 Å². The van der Waals surface area contributed by atoms with Crippen molar-refractivity contribution in [1.29, 1.82) is 0 Å². The van der Waals surface area contributed by atoms with E-state index in [1.807, 2.05) is 34.6 Å². The van der Waals surface area contributed by atoms with E-state index in [2.05, 4.69) is 17.4 Å². The van der Waals surface area contributed by atoms with Gasteiger partial charge in [0.25, 0.3) is 0 Å². The van der Waals surface area contributed by atoms with E-state index in [9.17, 15) is 14.7 Å². The van der Waals surface area contributed by atoms with Crippen LogP contribution in [-0.4, -0.2) is 29.3 Å². The summed E-state index contributed by atoms with van der Waals surface area (Å²) >= 11 is 0. The number of hydrogen-bond acceptors (Lipinski definition) is 3. The molecule has 0 saturated heterocycles. The Hall–Kier alpha value is -2.04. The Morgan fingerprint density at radius 2 is 1.62 bits per heavy atom. The summed E-state index contributed by atoms with van der Waals surface area (Å²) in [5, 5.41) is 12.7. The minimum absolute atomic E-state index is 0.0155. The van der Waals surface area contributed by atoms with E-state index >= 15 is 0 Å². The highest BCUT2D eigenvalue weighted by Crippen LogP contribution is 2.34.